The third-order valence-electron chi connectivity index (χ3n) is 3.51. The van der Waals surface area contributed by atoms with Crippen LogP contribution in [0.4, 0.5) is 0 Å². The largest absolute Gasteiger partial charge is 0.441 e. The fourth-order valence-corrected chi connectivity index (χ4v) is 2.33. The Kier molecular flexibility index (Phi) is 3.41. The maximum absolute atomic E-state index is 5.50. The molecule has 1 heterocycles. The van der Waals surface area contributed by atoms with Gasteiger partial charge in [-0.15, -0.1) is 0 Å². The molecule has 0 spiro atoms. The second-order valence-electron chi connectivity index (χ2n) is 5.15. The van der Waals surface area contributed by atoms with Crippen molar-refractivity contribution in [2.75, 3.05) is 14.1 Å². The van der Waals surface area contributed by atoms with Gasteiger partial charge in [-0.25, -0.2) is 4.98 Å². The van der Waals surface area contributed by atoms with E-state index >= 15 is 0 Å². The minimum absolute atomic E-state index is 0.0405. The first-order valence-corrected chi connectivity index (χ1v) is 6.21. The second kappa shape index (κ2) is 4.71. The van der Waals surface area contributed by atoms with Gasteiger partial charge in [0.25, 0.3) is 0 Å². The number of rotatable bonds is 4. The van der Waals surface area contributed by atoms with E-state index in [1.807, 2.05) is 27.1 Å². The van der Waals surface area contributed by atoms with Crippen LogP contribution in [-0.4, -0.2) is 24.6 Å². The van der Waals surface area contributed by atoms with Crippen molar-refractivity contribution in [3.63, 3.8) is 0 Å². The number of aryl methyl sites for hydroxylation is 1. The maximum Gasteiger partial charge on any atom is 0.192 e. The van der Waals surface area contributed by atoms with Gasteiger partial charge < -0.3 is 15.1 Å². The molecule has 0 aliphatic carbocycles. The van der Waals surface area contributed by atoms with E-state index in [2.05, 4.69) is 41.6 Å². The van der Waals surface area contributed by atoms with E-state index < -0.39 is 0 Å². The monoisotopic (exact) mass is 247 g/mol. The molecule has 0 amide bonds. The minimum Gasteiger partial charge on any atom is -0.441 e. The summed E-state index contributed by atoms with van der Waals surface area (Å²) >= 11 is 0. The molecule has 1 atom stereocenters. The van der Waals surface area contributed by atoms with Gasteiger partial charge in [0.1, 0.15) is 5.52 Å². The first-order chi connectivity index (χ1) is 8.47. The van der Waals surface area contributed by atoms with Gasteiger partial charge in [0, 0.05) is 18.5 Å². The van der Waals surface area contributed by atoms with E-state index in [1.165, 1.54) is 5.56 Å². The van der Waals surface area contributed by atoms with Gasteiger partial charge in [0.2, 0.25) is 0 Å². The first-order valence-electron chi connectivity index (χ1n) is 6.21. The van der Waals surface area contributed by atoms with Crippen LogP contribution in [0.3, 0.4) is 0 Å². The Morgan fingerprint density at radius 2 is 2.00 bits per heavy atom. The summed E-state index contributed by atoms with van der Waals surface area (Å²) in [5.74, 6) is 0.705. The van der Waals surface area contributed by atoms with Crippen LogP contribution < -0.4 is 10.6 Å². The van der Waals surface area contributed by atoms with Gasteiger partial charge in [-0.3, -0.25) is 0 Å². The fourth-order valence-electron chi connectivity index (χ4n) is 2.33. The van der Waals surface area contributed by atoms with Gasteiger partial charge in [0.15, 0.2) is 11.5 Å². The molecule has 2 rings (SSSR count). The molecule has 0 aliphatic heterocycles. The molecule has 1 aromatic carbocycles. The third-order valence-corrected chi connectivity index (χ3v) is 3.51. The number of nitrogens with one attached hydrogen (secondary N) is 2. The number of nitrogens with zero attached hydrogens (tertiary/aromatic N) is 1. The molecule has 0 radical (unpaired) electrons. The summed E-state index contributed by atoms with van der Waals surface area (Å²) in [4.78, 5) is 4.38. The third kappa shape index (κ3) is 2.26. The molecule has 2 N–H and O–H groups in total. The average molecular weight is 247 g/mol. The molecule has 0 bridgehead atoms. The zero-order chi connectivity index (χ0) is 13.3. The molecule has 4 nitrogen and oxygen atoms in total. The number of aromatic nitrogens is 1. The molecular formula is C14H21N3O. The maximum atomic E-state index is 5.50. The zero-order valence-electron chi connectivity index (χ0n) is 11.7. The predicted octanol–water partition coefficient (Wildman–Crippen LogP) is 2.39. The summed E-state index contributed by atoms with van der Waals surface area (Å²) in [6.45, 7) is 6.21. The van der Waals surface area contributed by atoms with Crippen molar-refractivity contribution in [1.82, 2.24) is 15.6 Å². The Bertz CT molecular complexity index is 545. The summed E-state index contributed by atoms with van der Waals surface area (Å²) in [6.07, 6.45) is 0. The highest BCUT2D eigenvalue weighted by atomic mass is 16.3. The van der Waals surface area contributed by atoms with Crippen LogP contribution in [0.1, 0.15) is 31.3 Å². The quantitative estimate of drug-likeness (QED) is 0.871. The lowest BCUT2D eigenvalue weighted by Crippen LogP contribution is -2.47. The molecule has 0 fully saturated rings. The Morgan fingerprint density at radius 3 is 2.61 bits per heavy atom. The molecule has 1 unspecified atom stereocenters. The molecule has 1 aromatic heterocycles. The Labute approximate surface area is 108 Å². The van der Waals surface area contributed by atoms with Crippen LogP contribution in [0.25, 0.3) is 11.1 Å². The van der Waals surface area contributed by atoms with Gasteiger partial charge >= 0.3 is 0 Å². The SMILES string of the molecule is CNC(c1ccc2oc(C)nc2c1)C(C)(C)NC. The molecule has 4 heteroatoms. The van der Waals surface area contributed by atoms with Crippen LogP contribution in [0.2, 0.25) is 0 Å². The van der Waals surface area contributed by atoms with Gasteiger partial charge in [-0.05, 0) is 45.6 Å². The van der Waals surface area contributed by atoms with Crippen molar-refractivity contribution in [1.29, 1.82) is 0 Å². The van der Waals surface area contributed by atoms with E-state index in [1.54, 1.807) is 0 Å². The van der Waals surface area contributed by atoms with E-state index in [4.69, 9.17) is 4.42 Å². The number of hydrogen-bond donors (Lipinski definition) is 2. The van der Waals surface area contributed by atoms with Gasteiger partial charge in [0.05, 0.1) is 0 Å². The molecule has 98 valence electrons. The van der Waals surface area contributed by atoms with Crippen molar-refractivity contribution in [3.8, 4) is 0 Å². The molecular weight excluding hydrogens is 226 g/mol. The van der Waals surface area contributed by atoms with E-state index in [-0.39, 0.29) is 11.6 Å². The number of fused-ring (bicyclic) bond motifs is 1. The summed E-state index contributed by atoms with van der Waals surface area (Å²) in [7, 11) is 3.95. The summed E-state index contributed by atoms with van der Waals surface area (Å²) in [5, 5.41) is 6.70. The van der Waals surface area contributed by atoms with Gasteiger partial charge in [-0.2, -0.15) is 0 Å². The first kappa shape index (κ1) is 13.1. The minimum atomic E-state index is -0.0405. The van der Waals surface area contributed by atoms with E-state index in [0.717, 1.165) is 11.1 Å². The second-order valence-corrected chi connectivity index (χ2v) is 5.15. The summed E-state index contributed by atoms with van der Waals surface area (Å²) in [5.41, 5.74) is 2.92. The predicted molar refractivity (Wildman–Crippen MR) is 73.7 cm³/mol. The standard InChI is InChI=1S/C14H21N3O/c1-9-17-11-8-10(6-7-12(11)18-9)13(15-4)14(2,3)16-5/h6-8,13,15-16H,1-5H3. The normalized spacial score (nSPS) is 14.1. The fraction of sp³-hybridized carbons (Fsp3) is 0.500. The van der Waals surface area contributed by atoms with Crippen molar-refractivity contribution < 1.29 is 4.42 Å². The Balaban J connectivity index is 2.45. The molecule has 2 aromatic rings. The van der Waals surface area contributed by atoms with Crippen LogP contribution in [-0.2, 0) is 0 Å². The molecule has 0 aliphatic rings. The highest BCUT2D eigenvalue weighted by Crippen LogP contribution is 2.27. The van der Waals surface area contributed by atoms with E-state index in [0.29, 0.717) is 5.89 Å². The highest BCUT2D eigenvalue weighted by Gasteiger charge is 2.28. The lowest BCUT2D eigenvalue weighted by Gasteiger charge is -2.34. The number of benzene rings is 1. The van der Waals surface area contributed by atoms with Crippen LogP contribution in [0, 0.1) is 6.92 Å². The lowest BCUT2D eigenvalue weighted by molar-refractivity contribution is 0.311. The Hall–Kier alpha value is -1.39. The van der Waals surface area contributed by atoms with Crippen molar-refractivity contribution >= 4 is 11.1 Å². The van der Waals surface area contributed by atoms with Crippen LogP contribution >= 0.6 is 0 Å². The van der Waals surface area contributed by atoms with Crippen molar-refractivity contribution in [2.24, 2.45) is 0 Å². The lowest BCUT2D eigenvalue weighted by atomic mass is 9.88. The molecule has 0 saturated heterocycles. The van der Waals surface area contributed by atoms with Crippen LogP contribution in [0.15, 0.2) is 22.6 Å². The molecule has 0 saturated carbocycles. The number of likely N-dealkylation sites (N-methyl/N-ethyl adjacent to an activating group) is 2. The average Bonchev–Trinajstić information content (AvgIpc) is 2.69. The number of oxazole rings is 1. The topological polar surface area (TPSA) is 50.1 Å². The summed E-state index contributed by atoms with van der Waals surface area (Å²) in [6, 6.07) is 6.38. The molecule has 18 heavy (non-hydrogen) atoms. The van der Waals surface area contributed by atoms with Crippen molar-refractivity contribution in [2.45, 2.75) is 32.4 Å². The van der Waals surface area contributed by atoms with Gasteiger partial charge in [-0.1, -0.05) is 6.07 Å². The Morgan fingerprint density at radius 1 is 1.28 bits per heavy atom. The number of hydrogen-bond acceptors (Lipinski definition) is 4. The summed E-state index contributed by atoms with van der Waals surface area (Å²) < 4.78 is 5.50. The van der Waals surface area contributed by atoms with E-state index in [9.17, 15) is 0 Å². The zero-order valence-corrected chi connectivity index (χ0v) is 11.7. The van der Waals surface area contributed by atoms with Crippen molar-refractivity contribution in [3.05, 3.63) is 29.7 Å². The van der Waals surface area contributed by atoms with Crippen LogP contribution in [0.5, 0.6) is 0 Å². The highest BCUT2D eigenvalue weighted by molar-refractivity contribution is 5.73. The smallest absolute Gasteiger partial charge is 0.192 e.